The minimum atomic E-state index is -1.41. The van der Waals surface area contributed by atoms with E-state index in [1.54, 1.807) is 20.8 Å². The van der Waals surface area contributed by atoms with Crippen molar-refractivity contribution in [3.63, 3.8) is 0 Å². The van der Waals surface area contributed by atoms with Crippen LogP contribution in [-0.2, 0) is 9.53 Å². The fraction of sp³-hybridized carbons (Fsp3) is 0.588. The van der Waals surface area contributed by atoms with Gasteiger partial charge in [0.2, 0.25) is 5.88 Å². The number of carbonyl (C=O) groups is 2. The first-order valence-corrected chi connectivity index (χ1v) is 8.53. The molecule has 1 saturated carbocycles. The number of nitrogens with one attached hydrogen (secondary N) is 1. The minimum Gasteiger partial charge on any atom is -0.479 e. The van der Waals surface area contributed by atoms with E-state index in [9.17, 15) is 14.7 Å². The number of pyridine rings is 1. The number of carboxylic acids is 1. The molecule has 2 N–H and O–H groups in total. The predicted molar refractivity (Wildman–Crippen MR) is 92.1 cm³/mol. The van der Waals surface area contributed by atoms with Crippen LogP contribution in [0.15, 0.2) is 12.3 Å². The molecule has 1 aromatic rings. The minimum absolute atomic E-state index is 0.171. The smallest absolute Gasteiger partial charge is 0.330 e. The van der Waals surface area contributed by atoms with E-state index in [1.807, 2.05) is 6.92 Å². The summed E-state index contributed by atoms with van der Waals surface area (Å²) in [5, 5.41) is 12.6. The zero-order valence-corrected chi connectivity index (χ0v) is 15.5. The van der Waals surface area contributed by atoms with Crippen LogP contribution in [0, 0.1) is 5.41 Å². The van der Waals surface area contributed by atoms with Gasteiger partial charge in [0.1, 0.15) is 10.6 Å². The van der Waals surface area contributed by atoms with Crippen molar-refractivity contribution in [2.24, 2.45) is 5.41 Å². The summed E-state index contributed by atoms with van der Waals surface area (Å²) in [6.07, 6.45) is 1.27. The summed E-state index contributed by atoms with van der Waals surface area (Å²) in [7, 11) is 0. The molecule has 25 heavy (non-hydrogen) atoms. The lowest BCUT2D eigenvalue weighted by atomic mass is 9.54. The van der Waals surface area contributed by atoms with Gasteiger partial charge in [-0.1, -0.05) is 25.4 Å². The van der Waals surface area contributed by atoms with Crippen molar-refractivity contribution in [3.05, 3.63) is 22.8 Å². The molecule has 2 unspecified atom stereocenters. The molecule has 138 valence electrons. The second-order valence-electron chi connectivity index (χ2n) is 6.48. The molecule has 1 amide bonds. The van der Waals surface area contributed by atoms with Crippen LogP contribution in [0.1, 0.15) is 44.5 Å². The number of ether oxygens (including phenoxy) is 2. The van der Waals surface area contributed by atoms with Crippen molar-refractivity contribution >= 4 is 23.5 Å². The summed E-state index contributed by atoms with van der Waals surface area (Å²) in [4.78, 5) is 28.5. The van der Waals surface area contributed by atoms with Gasteiger partial charge in [-0.2, -0.15) is 0 Å². The zero-order valence-electron chi connectivity index (χ0n) is 14.8. The van der Waals surface area contributed by atoms with Gasteiger partial charge in [-0.25, -0.2) is 9.78 Å². The number of amides is 1. The van der Waals surface area contributed by atoms with Crippen LogP contribution in [-0.4, -0.2) is 46.8 Å². The molecule has 1 heterocycles. The number of nitrogens with zero attached hydrogens (tertiary/aromatic N) is 1. The van der Waals surface area contributed by atoms with Crippen molar-refractivity contribution < 1.29 is 24.2 Å². The highest BCUT2D eigenvalue weighted by atomic mass is 35.5. The third-order valence-corrected chi connectivity index (χ3v) is 5.08. The Morgan fingerprint density at radius 3 is 2.56 bits per heavy atom. The Morgan fingerprint density at radius 2 is 2.08 bits per heavy atom. The van der Waals surface area contributed by atoms with Crippen molar-refractivity contribution in [2.45, 2.75) is 45.8 Å². The Balaban J connectivity index is 2.23. The lowest BCUT2D eigenvalue weighted by Crippen LogP contribution is -2.76. The quantitative estimate of drug-likeness (QED) is 0.765. The molecule has 0 bridgehead atoms. The van der Waals surface area contributed by atoms with E-state index >= 15 is 0 Å². The van der Waals surface area contributed by atoms with Gasteiger partial charge in [0.05, 0.1) is 18.3 Å². The van der Waals surface area contributed by atoms with Gasteiger partial charge < -0.3 is 19.9 Å². The number of hydrogen-bond donors (Lipinski definition) is 2. The molecule has 0 saturated heterocycles. The van der Waals surface area contributed by atoms with Crippen LogP contribution in [0.3, 0.4) is 0 Å². The molecule has 8 heteroatoms. The van der Waals surface area contributed by atoms with E-state index in [4.69, 9.17) is 21.1 Å². The Kier molecular flexibility index (Phi) is 5.58. The molecule has 0 aliphatic heterocycles. The number of aliphatic carboxylic acids is 1. The second-order valence-corrected chi connectivity index (χ2v) is 6.89. The number of aromatic nitrogens is 1. The number of carboxylic acid groups (broad SMARTS) is 1. The Morgan fingerprint density at radius 1 is 1.40 bits per heavy atom. The molecule has 0 spiro atoms. The second kappa shape index (κ2) is 7.17. The first kappa shape index (κ1) is 19.5. The Labute approximate surface area is 151 Å². The number of hydrogen-bond acceptors (Lipinski definition) is 5. The lowest BCUT2D eigenvalue weighted by Gasteiger charge is -2.58. The molecule has 1 aliphatic rings. The summed E-state index contributed by atoms with van der Waals surface area (Å²) in [5.74, 6) is -1.41. The van der Waals surface area contributed by atoms with Crippen molar-refractivity contribution in [2.75, 3.05) is 13.2 Å². The maximum atomic E-state index is 12.6. The van der Waals surface area contributed by atoms with Crippen molar-refractivity contribution in [1.29, 1.82) is 0 Å². The predicted octanol–water partition coefficient (Wildman–Crippen LogP) is 2.52. The molecular formula is C17H23ClN2O5. The number of rotatable bonds is 7. The zero-order chi connectivity index (χ0) is 18.8. The first-order chi connectivity index (χ1) is 11.7. The van der Waals surface area contributed by atoms with Gasteiger partial charge >= 0.3 is 5.97 Å². The summed E-state index contributed by atoms with van der Waals surface area (Å²) >= 11 is 6.05. The fourth-order valence-corrected chi connectivity index (χ4v) is 3.32. The van der Waals surface area contributed by atoms with Crippen LogP contribution in [0.5, 0.6) is 5.88 Å². The van der Waals surface area contributed by atoms with Gasteiger partial charge in [0.25, 0.3) is 5.91 Å². The van der Waals surface area contributed by atoms with Crippen LogP contribution in [0.25, 0.3) is 0 Å². The summed E-state index contributed by atoms with van der Waals surface area (Å²) in [6, 6.07) is 1.41. The van der Waals surface area contributed by atoms with E-state index in [2.05, 4.69) is 10.3 Å². The van der Waals surface area contributed by atoms with E-state index in [0.717, 1.165) is 0 Å². The average molecular weight is 371 g/mol. The highest BCUT2D eigenvalue weighted by molar-refractivity contribution is 6.32. The average Bonchev–Trinajstić information content (AvgIpc) is 2.55. The van der Waals surface area contributed by atoms with Gasteiger partial charge in [-0.3, -0.25) is 4.79 Å². The maximum Gasteiger partial charge on any atom is 0.330 e. The largest absolute Gasteiger partial charge is 0.479 e. The SMILES string of the molecule is CCOc1ncc(C(=O)NC2(C(=O)O)CC(OCC)C2(C)C)cc1Cl. The van der Waals surface area contributed by atoms with E-state index < -0.39 is 22.8 Å². The molecule has 0 radical (unpaired) electrons. The van der Waals surface area contributed by atoms with E-state index in [-0.39, 0.29) is 29.0 Å². The highest BCUT2D eigenvalue weighted by Crippen LogP contribution is 2.51. The summed E-state index contributed by atoms with van der Waals surface area (Å²) < 4.78 is 10.8. The molecule has 2 atom stereocenters. The lowest BCUT2D eigenvalue weighted by molar-refractivity contribution is -0.190. The molecule has 2 rings (SSSR count). The van der Waals surface area contributed by atoms with Crippen LogP contribution in [0.2, 0.25) is 5.02 Å². The van der Waals surface area contributed by atoms with Crippen molar-refractivity contribution in [1.82, 2.24) is 10.3 Å². The standard InChI is InChI=1S/C17H23ClN2O5/c1-5-24-12-8-17(15(22)23,16(12,3)4)20-13(21)10-7-11(18)14(19-9-10)25-6-2/h7,9,12H,5-6,8H2,1-4H3,(H,20,21)(H,22,23). The third-order valence-electron chi connectivity index (χ3n) is 4.81. The van der Waals surface area contributed by atoms with Crippen molar-refractivity contribution in [3.8, 4) is 5.88 Å². The van der Waals surface area contributed by atoms with E-state index in [1.165, 1.54) is 12.3 Å². The number of halogens is 1. The molecule has 0 aromatic carbocycles. The first-order valence-electron chi connectivity index (χ1n) is 8.15. The van der Waals surface area contributed by atoms with Crippen LogP contribution >= 0.6 is 11.6 Å². The van der Waals surface area contributed by atoms with Crippen LogP contribution < -0.4 is 10.1 Å². The molecule has 1 fully saturated rings. The molecule has 1 aliphatic carbocycles. The topological polar surface area (TPSA) is 97.8 Å². The summed E-state index contributed by atoms with van der Waals surface area (Å²) in [6.45, 7) is 8.07. The third kappa shape index (κ3) is 3.30. The highest BCUT2D eigenvalue weighted by Gasteiger charge is 2.66. The van der Waals surface area contributed by atoms with Gasteiger partial charge in [-0.05, 0) is 19.9 Å². The van der Waals surface area contributed by atoms with Gasteiger partial charge in [-0.15, -0.1) is 0 Å². The maximum absolute atomic E-state index is 12.6. The van der Waals surface area contributed by atoms with Crippen LogP contribution in [0.4, 0.5) is 0 Å². The van der Waals surface area contributed by atoms with Gasteiger partial charge in [0, 0.05) is 24.6 Å². The molecule has 7 nitrogen and oxygen atoms in total. The normalized spacial score (nSPS) is 24.3. The Bertz CT molecular complexity index is 679. The Hall–Kier alpha value is -1.86. The van der Waals surface area contributed by atoms with Gasteiger partial charge in [0.15, 0.2) is 0 Å². The molecule has 1 aromatic heterocycles. The fourth-order valence-electron chi connectivity index (χ4n) is 3.10. The number of carbonyl (C=O) groups excluding carboxylic acids is 1. The summed E-state index contributed by atoms with van der Waals surface area (Å²) in [5.41, 5.74) is -1.99. The monoisotopic (exact) mass is 370 g/mol. The van der Waals surface area contributed by atoms with E-state index in [0.29, 0.717) is 13.2 Å². The molecular weight excluding hydrogens is 348 g/mol.